The van der Waals surface area contributed by atoms with Gasteiger partial charge in [-0.15, -0.1) is 5.10 Å². The van der Waals surface area contributed by atoms with Crippen LogP contribution in [-0.2, 0) is 0 Å². The van der Waals surface area contributed by atoms with Crippen molar-refractivity contribution in [3.8, 4) is 0 Å². The zero-order valence-electron chi connectivity index (χ0n) is 15.9. The molecule has 0 bridgehead atoms. The molecule has 10 heteroatoms. The second kappa shape index (κ2) is 9.13. The molecular weight excluding hydrogens is 366 g/mol. The van der Waals surface area contributed by atoms with Gasteiger partial charge in [-0.25, -0.2) is 14.6 Å². The zero-order chi connectivity index (χ0) is 19.4. The largest absolute Gasteiger partial charge is 0.390 e. The van der Waals surface area contributed by atoms with Crippen LogP contribution in [-0.4, -0.2) is 66.2 Å². The first-order valence-corrected chi connectivity index (χ1v) is 10.6. The number of nitrogens with one attached hydrogen (secondary N) is 1. The minimum Gasteiger partial charge on any atom is -0.390 e. The number of thioether (sulfide) groups is 1. The molecule has 2 heterocycles. The van der Waals surface area contributed by atoms with Crippen LogP contribution in [0.15, 0.2) is 5.16 Å². The van der Waals surface area contributed by atoms with E-state index in [0.717, 1.165) is 31.6 Å². The van der Waals surface area contributed by atoms with Gasteiger partial charge in [-0.05, 0) is 25.8 Å². The molecule has 1 saturated carbocycles. The molecule has 27 heavy (non-hydrogen) atoms. The quantitative estimate of drug-likeness (QED) is 0.280. The predicted molar refractivity (Wildman–Crippen MR) is 106 cm³/mol. The van der Waals surface area contributed by atoms with Crippen LogP contribution in [0.3, 0.4) is 0 Å². The first-order valence-electron chi connectivity index (χ1n) is 9.66. The molecule has 0 amide bonds. The van der Waals surface area contributed by atoms with Crippen LogP contribution in [0.2, 0.25) is 0 Å². The molecular formula is C17H29N7O2S. The molecule has 1 aliphatic carbocycles. The maximum Gasteiger partial charge on any atom is 0.191 e. The van der Waals surface area contributed by atoms with Gasteiger partial charge in [0.2, 0.25) is 0 Å². The highest BCUT2D eigenvalue weighted by molar-refractivity contribution is 7.99. The van der Waals surface area contributed by atoms with Crippen LogP contribution >= 0.6 is 11.8 Å². The Morgan fingerprint density at radius 3 is 2.70 bits per heavy atom. The molecule has 0 unspecified atom stereocenters. The number of aromatic nitrogens is 5. The van der Waals surface area contributed by atoms with E-state index >= 15 is 0 Å². The van der Waals surface area contributed by atoms with Crippen molar-refractivity contribution in [3.05, 3.63) is 0 Å². The molecule has 0 saturated heterocycles. The van der Waals surface area contributed by atoms with E-state index in [1.54, 1.807) is 16.4 Å². The van der Waals surface area contributed by atoms with Crippen molar-refractivity contribution in [2.45, 2.75) is 62.9 Å². The Bertz CT molecular complexity index is 756. The average molecular weight is 396 g/mol. The normalized spacial score (nSPS) is 25.4. The summed E-state index contributed by atoms with van der Waals surface area (Å²) in [5.74, 6) is 1.42. The topological polar surface area (TPSA) is 135 Å². The van der Waals surface area contributed by atoms with Crippen LogP contribution in [0.25, 0.3) is 11.2 Å². The number of hydrogen-bond donors (Lipinski definition) is 4. The molecule has 5 N–H and O–H groups in total. The second-order valence-corrected chi connectivity index (χ2v) is 8.03. The van der Waals surface area contributed by atoms with Crippen molar-refractivity contribution >= 4 is 28.7 Å². The monoisotopic (exact) mass is 395 g/mol. The Labute approximate surface area is 163 Å². The van der Waals surface area contributed by atoms with Crippen molar-refractivity contribution in [1.29, 1.82) is 0 Å². The third-order valence-electron chi connectivity index (χ3n) is 4.95. The molecule has 2 aromatic heterocycles. The van der Waals surface area contributed by atoms with Crippen molar-refractivity contribution < 1.29 is 10.2 Å². The Morgan fingerprint density at radius 1 is 1.22 bits per heavy atom. The Morgan fingerprint density at radius 2 is 2.04 bits per heavy atom. The van der Waals surface area contributed by atoms with Crippen LogP contribution in [0.4, 0.5) is 5.82 Å². The predicted octanol–water partition coefficient (Wildman–Crippen LogP) is 1.18. The van der Waals surface area contributed by atoms with Crippen LogP contribution < -0.4 is 11.1 Å². The van der Waals surface area contributed by atoms with Gasteiger partial charge in [0.25, 0.3) is 0 Å². The standard InChI is InChI=1S/C17H29N7O2S/c1-3-5-6-19-15-12-16(21-17(20-15)27-7-4-2)24(23-22-12)11-8-10(9-18)13(25)14(11)26/h10-11,13-14,25-26H,3-9,18H2,1-2H3,(H,19,20,21)/t10-,11-,13-,14+/m1/s1. The van der Waals surface area contributed by atoms with E-state index in [2.05, 4.69) is 39.4 Å². The van der Waals surface area contributed by atoms with Gasteiger partial charge >= 0.3 is 0 Å². The summed E-state index contributed by atoms with van der Waals surface area (Å²) in [7, 11) is 0. The molecule has 9 nitrogen and oxygen atoms in total. The van der Waals surface area contributed by atoms with Crippen LogP contribution in [0.1, 0.15) is 45.6 Å². The number of anilines is 1. The highest BCUT2D eigenvalue weighted by atomic mass is 32.2. The lowest BCUT2D eigenvalue weighted by Gasteiger charge is -2.17. The maximum atomic E-state index is 10.5. The number of fused-ring (bicyclic) bond motifs is 1. The van der Waals surface area contributed by atoms with Crippen molar-refractivity contribution in [1.82, 2.24) is 25.0 Å². The average Bonchev–Trinajstić information content (AvgIpc) is 3.21. The van der Waals surface area contributed by atoms with E-state index in [9.17, 15) is 10.2 Å². The van der Waals surface area contributed by atoms with Crippen LogP contribution in [0, 0.1) is 5.92 Å². The summed E-state index contributed by atoms with van der Waals surface area (Å²) in [6.45, 7) is 5.36. The fourth-order valence-corrected chi connectivity index (χ4v) is 4.07. The van der Waals surface area contributed by atoms with Gasteiger partial charge in [0, 0.05) is 18.2 Å². The van der Waals surface area contributed by atoms with E-state index in [1.807, 2.05) is 0 Å². The summed E-state index contributed by atoms with van der Waals surface area (Å²) in [4.78, 5) is 9.25. The highest BCUT2D eigenvalue weighted by Crippen LogP contribution is 2.36. The SMILES string of the molecule is CCCCNc1nc(SCCC)nc2c1nnn2[C@@H]1C[C@H](CN)[C@@H](O)[C@H]1O. The molecule has 2 aromatic rings. The summed E-state index contributed by atoms with van der Waals surface area (Å²) in [6.07, 6.45) is 1.87. The summed E-state index contributed by atoms with van der Waals surface area (Å²) < 4.78 is 1.63. The summed E-state index contributed by atoms with van der Waals surface area (Å²) in [5, 5.41) is 33.2. The van der Waals surface area contributed by atoms with Crippen LogP contribution in [0.5, 0.6) is 0 Å². The van der Waals surface area contributed by atoms with Crippen molar-refractivity contribution in [2.75, 3.05) is 24.2 Å². The van der Waals surface area contributed by atoms with Gasteiger partial charge < -0.3 is 21.3 Å². The third kappa shape index (κ3) is 4.18. The summed E-state index contributed by atoms with van der Waals surface area (Å²) in [5.41, 5.74) is 6.90. The molecule has 3 rings (SSSR count). The number of nitrogens with two attached hydrogens (primary N) is 1. The fraction of sp³-hybridized carbons (Fsp3) is 0.765. The maximum absolute atomic E-state index is 10.5. The lowest BCUT2D eigenvalue weighted by molar-refractivity contribution is 0.00624. The lowest BCUT2D eigenvalue weighted by atomic mass is 10.1. The van der Waals surface area contributed by atoms with E-state index in [0.29, 0.717) is 35.1 Å². The molecule has 0 spiro atoms. The fourth-order valence-electron chi connectivity index (χ4n) is 3.37. The van der Waals surface area contributed by atoms with Gasteiger partial charge in [-0.1, -0.05) is 37.2 Å². The minimum atomic E-state index is -0.943. The highest BCUT2D eigenvalue weighted by Gasteiger charge is 2.43. The Balaban J connectivity index is 1.98. The number of unbranched alkanes of at least 4 members (excludes halogenated alkanes) is 1. The second-order valence-electron chi connectivity index (χ2n) is 6.97. The van der Waals surface area contributed by atoms with Gasteiger partial charge in [0.15, 0.2) is 22.1 Å². The van der Waals surface area contributed by atoms with Crippen molar-refractivity contribution in [2.24, 2.45) is 11.7 Å². The Kier molecular flexibility index (Phi) is 6.85. The number of aliphatic hydroxyl groups excluding tert-OH is 2. The lowest BCUT2D eigenvalue weighted by Crippen LogP contribution is -2.32. The number of hydrogen-bond acceptors (Lipinski definition) is 9. The number of rotatable bonds is 9. The van der Waals surface area contributed by atoms with Gasteiger partial charge in [0.1, 0.15) is 6.10 Å². The number of nitrogens with zero attached hydrogens (tertiary/aromatic N) is 5. The van der Waals surface area contributed by atoms with Gasteiger partial charge in [0.05, 0.1) is 12.1 Å². The smallest absolute Gasteiger partial charge is 0.191 e. The minimum absolute atomic E-state index is 0.165. The Hall–Kier alpha value is -1.49. The van der Waals surface area contributed by atoms with Crippen molar-refractivity contribution in [3.63, 3.8) is 0 Å². The first kappa shape index (κ1) is 20.2. The van der Waals surface area contributed by atoms with E-state index in [1.165, 1.54) is 0 Å². The molecule has 0 aromatic carbocycles. The molecule has 0 aliphatic heterocycles. The first-order chi connectivity index (χ1) is 13.1. The van der Waals surface area contributed by atoms with E-state index < -0.39 is 18.2 Å². The zero-order valence-corrected chi connectivity index (χ0v) is 16.7. The van der Waals surface area contributed by atoms with E-state index in [4.69, 9.17) is 5.73 Å². The molecule has 150 valence electrons. The van der Waals surface area contributed by atoms with E-state index in [-0.39, 0.29) is 5.92 Å². The van der Waals surface area contributed by atoms with Gasteiger partial charge in [-0.2, -0.15) is 0 Å². The summed E-state index contributed by atoms with van der Waals surface area (Å²) >= 11 is 1.59. The third-order valence-corrected chi connectivity index (χ3v) is 6.00. The number of aliphatic hydroxyl groups is 2. The molecule has 0 radical (unpaired) electrons. The molecule has 1 aliphatic rings. The van der Waals surface area contributed by atoms with Gasteiger partial charge in [-0.3, -0.25) is 0 Å². The summed E-state index contributed by atoms with van der Waals surface area (Å²) in [6, 6.07) is -0.402. The molecule has 4 atom stereocenters. The molecule has 1 fully saturated rings.